The van der Waals surface area contributed by atoms with Crippen molar-refractivity contribution in [3.05, 3.63) is 35.4 Å². The molecule has 0 heterocycles. The van der Waals surface area contributed by atoms with E-state index in [1.165, 1.54) is 17.5 Å². The van der Waals surface area contributed by atoms with E-state index in [1.54, 1.807) is 0 Å². The normalized spacial score (nSPS) is 19.1. The minimum atomic E-state index is -0.357. The minimum absolute atomic E-state index is 0.0706. The van der Waals surface area contributed by atoms with E-state index in [0.717, 1.165) is 38.6 Å². The van der Waals surface area contributed by atoms with Gasteiger partial charge in [-0.15, -0.1) is 0 Å². The molecule has 0 aliphatic heterocycles. The van der Waals surface area contributed by atoms with Crippen molar-refractivity contribution in [2.45, 2.75) is 63.9 Å². The Morgan fingerprint density at radius 2 is 1.87 bits per heavy atom. The largest absolute Gasteiger partial charge is 0.396 e. The van der Waals surface area contributed by atoms with Gasteiger partial charge < -0.3 is 15.5 Å². The van der Waals surface area contributed by atoms with Crippen molar-refractivity contribution in [2.75, 3.05) is 19.7 Å². The van der Waals surface area contributed by atoms with Crippen molar-refractivity contribution >= 4 is 0 Å². The third kappa shape index (κ3) is 4.56. The lowest BCUT2D eigenvalue weighted by Crippen LogP contribution is -2.50. The lowest BCUT2D eigenvalue weighted by molar-refractivity contribution is 0.0274. The highest BCUT2D eigenvalue weighted by Gasteiger charge is 2.44. The molecular formula is C20H33NO2. The monoisotopic (exact) mass is 319 g/mol. The summed E-state index contributed by atoms with van der Waals surface area (Å²) in [6, 6.07) is 8.63. The summed E-state index contributed by atoms with van der Waals surface area (Å²) in [6.45, 7) is 5.90. The van der Waals surface area contributed by atoms with Gasteiger partial charge in [-0.2, -0.15) is 0 Å². The standard InChI is InChI=1S/C20H33NO2/c1-3-4-6-17(15-22)13-21-14-19(23)20(11-5-12-20)18-9-7-16(2)8-10-18/h7-10,17,19,21-23H,3-6,11-15H2,1-2H3/t17-,19-/m0/s1. The first-order valence-corrected chi connectivity index (χ1v) is 9.19. The summed E-state index contributed by atoms with van der Waals surface area (Å²) in [7, 11) is 0. The Labute approximate surface area is 141 Å². The van der Waals surface area contributed by atoms with E-state index in [2.05, 4.69) is 43.4 Å². The van der Waals surface area contributed by atoms with Crippen LogP contribution in [-0.2, 0) is 5.41 Å². The van der Waals surface area contributed by atoms with E-state index in [1.807, 2.05) is 0 Å². The summed E-state index contributed by atoms with van der Waals surface area (Å²) < 4.78 is 0. The molecule has 0 unspecified atom stereocenters. The number of aryl methyl sites for hydroxylation is 1. The summed E-state index contributed by atoms with van der Waals surface area (Å²) in [5, 5.41) is 23.6. The molecule has 2 rings (SSSR count). The number of nitrogens with one attached hydrogen (secondary N) is 1. The van der Waals surface area contributed by atoms with Crippen LogP contribution in [0.5, 0.6) is 0 Å². The van der Waals surface area contributed by atoms with Crippen LogP contribution in [0, 0.1) is 12.8 Å². The van der Waals surface area contributed by atoms with Crippen molar-refractivity contribution in [2.24, 2.45) is 5.92 Å². The molecule has 3 heteroatoms. The quantitative estimate of drug-likeness (QED) is 0.621. The maximum Gasteiger partial charge on any atom is 0.0760 e. The van der Waals surface area contributed by atoms with Crippen LogP contribution in [0.15, 0.2) is 24.3 Å². The van der Waals surface area contributed by atoms with Gasteiger partial charge in [0, 0.05) is 25.1 Å². The smallest absolute Gasteiger partial charge is 0.0760 e. The van der Waals surface area contributed by atoms with E-state index in [9.17, 15) is 10.2 Å². The van der Waals surface area contributed by atoms with Gasteiger partial charge in [0.1, 0.15) is 0 Å². The molecule has 1 aromatic rings. The van der Waals surface area contributed by atoms with Gasteiger partial charge in [-0.05, 0) is 37.7 Å². The average molecular weight is 319 g/mol. The Balaban J connectivity index is 1.88. The molecule has 3 N–H and O–H groups in total. The maximum absolute atomic E-state index is 10.8. The highest BCUT2D eigenvalue weighted by molar-refractivity contribution is 5.32. The van der Waals surface area contributed by atoms with Gasteiger partial charge in [-0.3, -0.25) is 0 Å². The van der Waals surface area contributed by atoms with E-state index >= 15 is 0 Å². The predicted molar refractivity (Wildman–Crippen MR) is 95.7 cm³/mol. The van der Waals surface area contributed by atoms with E-state index in [0.29, 0.717) is 12.5 Å². The third-order valence-electron chi connectivity index (χ3n) is 5.50. The molecule has 0 amide bonds. The minimum Gasteiger partial charge on any atom is -0.396 e. The van der Waals surface area contributed by atoms with Crippen LogP contribution in [0.3, 0.4) is 0 Å². The van der Waals surface area contributed by atoms with Crippen LogP contribution in [0.25, 0.3) is 0 Å². The van der Waals surface area contributed by atoms with Gasteiger partial charge >= 0.3 is 0 Å². The van der Waals surface area contributed by atoms with Gasteiger partial charge in [0.15, 0.2) is 0 Å². The van der Waals surface area contributed by atoms with Crippen molar-refractivity contribution in [1.29, 1.82) is 0 Å². The first-order valence-electron chi connectivity index (χ1n) is 9.19. The lowest BCUT2D eigenvalue weighted by atomic mass is 9.61. The predicted octanol–water partition coefficient (Wildman–Crippen LogP) is 3.17. The summed E-state index contributed by atoms with van der Waals surface area (Å²) >= 11 is 0. The Bertz CT molecular complexity index is 453. The number of unbranched alkanes of at least 4 members (excludes halogenated alkanes) is 1. The van der Waals surface area contributed by atoms with Gasteiger partial charge in [-0.1, -0.05) is 56.0 Å². The van der Waals surface area contributed by atoms with Crippen molar-refractivity contribution in [3.63, 3.8) is 0 Å². The average Bonchev–Trinajstić information content (AvgIpc) is 2.51. The van der Waals surface area contributed by atoms with Crippen LogP contribution in [0.1, 0.15) is 56.6 Å². The van der Waals surface area contributed by atoms with Crippen LogP contribution >= 0.6 is 0 Å². The molecule has 130 valence electrons. The summed E-state index contributed by atoms with van der Waals surface area (Å²) in [5.74, 6) is 0.305. The second-order valence-electron chi connectivity index (χ2n) is 7.24. The number of benzene rings is 1. The molecule has 0 saturated heterocycles. The number of aliphatic hydroxyl groups is 2. The van der Waals surface area contributed by atoms with Crippen LogP contribution in [0.4, 0.5) is 0 Å². The lowest BCUT2D eigenvalue weighted by Gasteiger charge is -2.46. The molecule has 0 bridgehead atoms. The van der Waals surface area contributed by atoms with Crippen LogP contribution in [0.2, 0.25) is 0 Å². The van der Waals surface area contributed by atoms with Gasteiger partial charge in [-0.25, -0.2) is 0 Å². The van der Waals surface area contributed by atoms with E-state index in [4.69, 9.17) is 0 Å². The molecule has 1 aromatic carbocycles. The highest BCUT2D eigenvalue weighted by atomic mass is 16.3. The van der Waals surface area contributed by atoms with E-state index in [-0.39, 0.29) is 18.1 Å². The molecule has 23 heavy (non-hydrogen) atoms. The van der Waals surface area contributed by atoms with Gasteiger partial charge in [0.05, 0.1) is 6.10 Å². The molecule has 3 nitrogen and oxygen atoms in total. The van der Waals surface area contributed by atoms with Crippen LogP contribution in [-0.4, -0.2) is 36.0 Å². The third-order valence-corrected chi connectivity index (χ3v) is 5.50. The first kappa shape index (κ1) is 18.4. The molecule has 1 fully saturated rings. The zero-order valence-electron chi connectivity index (χ0n) is 14.7. The van der Waals surface area contributed by atoms with Crippen molar-refractivity contribution < 1.29 is 10.2 Å². The fourth-order valence-corrected chi connectivity index (χ4v) is 3.63. The van der Waals surface area contributed by atoms with Gasteiger partial charge in [0.2, 0.25) is 0 Å². The molecule has 0 aromatic heterocycles. The summed E-state index contributed by atoms with van der Waals surface area (Å²) in [6.07, 6.45) is 6.35. The molecule has 0 spiro atoms. The molecule has 1 saturated carbocycles. The summed E-state index contributed by atoms with van der Waals surface area (Å²) in [5.41, 5.74) is 2.46. The molecule has 1 aliphatic carbocycles. The first-order chi connectivity index (χ1) is 11.1. The number of aliphatic hydroxyl groups excluding tert-OH is 2. The fourth-order valence-electron chi connectivity index (χ4n) is 3.63. The highest BCUT2D eigenvalue weighted by Crippen LogP contribution is 2.46. The fraction of sp³-hybridized carbons (Fsp3) is 0.700. The zero-order valence-corrected chi connectivity index (χ0v) is 14.7. The van der Waals surface area contributed by atoms with Crippen LogP contribution < -0.4 is 5.32 Å². The van der Waals surface area contributed by atoms with Crippen molar-refractivity contribution in [1.82, 2.24) is 5.32 Å². The second-order valence-corrected chi connectivity index (χ2v) is 7.24. The number of rotatable bonds is 10. The van der Waals surface area contributed by atoms with E-state index < -0.39 is 0 Å². The number of hydrogen-bond acceptors (Lipinski definition) is 3. The zero-order chi connectivity index (χ0) is 16.7. The number of hydrogen-bond donors (Lipinski definition) is 3. The maximum atomic E-state index is 10.8. The second kappa shape index (κ2) is 8.81. The Hall–Kier alpha value is -0.900. The summed E-state index contributed by atoms with van der Waals surface area (Å²) in [4.78, 5) is 0. The van der Waals surface area contributed by atoms with Crippen molar-refractivity contribution in [3.8, 4) is 0 Å². The molecule has 2 atom stereocenters. The molecular weight excluding hydrogens is 286 g/mol. The molecule has 0 radical (unpaired) electrons. The SMILES string of the molecule is CCCC[C@H](CO)CNC[C@H](O)C1(c2ccc(C)cc2)CCC1. The Morgan fingerprint density at radius 3 is 2.39 bits per heavy atom. The molecule has 1 aliphatic rings. The van der Waals surface area contributed by atoms with Gasteiger partial charge in [0.25, 0.3) is 0 Å². The Kier molecular flexibility index (Phi) is 7.07. The Morgan fingerprint density at radius 1 is 1.17 bits per heavy atom. The topological polar surface area (TPSA) is 52.5 Å².